The van der Waals surface area contributed by atoms with Crippen LogP contribution in [-0.4, -0.2) is 8.07 Å². The summed E-state index contributed by atoms with van der Waals surface area (Å²) < 4.78 is 1.15. The Labute approximate surface area is 115 Å². The van der Waals surface area contributed by atoms with Crippen LogP contribution in [0.1, 0.15) is 31.9 Å². The van der Waals surface area contributed by atoms with E-state index >= 15 is 0 Å². The molecule has 0 radical (unpaired) electrons. The number of hydrogen-bond acceptors (Lipinski definition) is 0. The molecule has 0 unspecified atom stereocenters. The summed E-state index contributed by atoms with van der Waals surface area (Å²) in [5.41, 5.74) is 6.06. The van der Waals surface area contributed by atoms with E-state index in [2.05, 4.69) is 73.3 Å². The Kier molecular flexibility index (Phi) is 5.49. The van der Waals surface area contributed by atoms with Crippen LogP contribution in [0.3, 0.4) is 0 Å². The van der Waals surface area contributed by atoms with E-state index in [1.165, 1.54) is 29.3 Å². The second-order valence-electron chi connectivity index (χ2n) is 4.50. The van der Waals surface area contributed by atoms with Crippen LogP contribution < -0.4 is 0 Å². The van der Waals surface area contributed by atoms with E-state index in [0.29, 0.717) is 0 Å². The van der Waals surface area contributed by atoms with Crippen LogP contribution in [-0.2, 0) is 0 Å². The van der Waals surface area contributed by atoms with Gasteiger partial charge in [0.25, 0.3) is 0 Å². The fraction of sp³-hybridized carbons (Fsp3) is 0.467. The van der Waals surface area contributed by atoms with E-state index < -0.39 is 8.07 Å². The van der Waals surface area contributed by atoms with Crippen molar-refractivity contribution >= 4 is 24.0 Å². The van der Waals surface area contributed by atoms with Crippen molar-refractivity contribution < 1.29 is 0 Å². The molecule has 0 atom stereocenters. The summed E-state index contributed by atoms with van der Waals surface area (Å²) in [6, 6.07) is 10.0. The predicted octanol–water partition coefficient (Wildman–Crippen LogP) is 5.16. The molecule has 2 heteroatoms. The van der Waals surface area contributed by atoms with Gasteiger partial charge < -0.3 is 0 Å². The maximum absolute atomic E-state index is 3.63. The Bertz CT molecular complexity index is 428. The molecule has 0 aromatic heterocycles. The molecule has 0 N–H and O–H groups in total. The van der Waals surface area contributed by atoms with E-state index in [-0.39, 0.29) is 0 Å². The Morgan fingerprint density at radius 1 is 1.12 bits per heavy atom. The van der Waals surface area contributed by atoms with Gasteiger partial charge in [0, 0.05) is 10.0 Å². The molecule has 1 aromatic rings. The third-order valence-corrected chi connectivity index (χ3v) is 9.34. The van der Waals surface area contributed by atoms with Crippen molar-refractivity contribution in [2.45, 2.75) is 45.8 Å². The van der Waals surface area contributed by atoms with E-state index in [4.69, 9.17) is 0 Å². The van der Waals surface area contributed by atoms with Crippen LogP contribution in [0, 0.1) is 18.4 Å². The van der Waals surface area contributed by atoms with Crippen molar-refractivity contribution in [3.63, 3.8) is 0 Å². The van der Waals surface area contributed by atoms with Gasteiger partial charge >= 0.3 is 0 Å². The SMILES string of the molecule is CC[Si](C#Cc1cccc(Br)c1C)(CC)CC. The van der Waals surface area contributed by atoms with Gasteiger partial charge in [-0.1, -0.05) is 48.7 Å². The highest BCUT2D eigenvalue weighted by Gasteiger charge is 2.24. The minimum atomic E-state index is -1.32. The molecule has 17 heavy (non-hydrogen) atoms. The fourth-order valence-corrected chi connectivity index (χ4v) is 4.75. The zero-order valence-electron chi connectivity index (χ0n) is 11.2. The second-order valence-corrected chi connectivity index (χ2v) is 10.3. The van der Waals surface area contributed by atoms with Crippen molar-refractivity contribution in [2.24, 2.45) is 0 Å². The molecule has 0 amide bonds. The van der Waals surface area contributed by atoms with Gasteiger partial charge in [-0.05, 0) is 42.8 Å². The van der Waals surface area contributed by atoms with E-state index in [0.717, 1.165) is 4.47 Å². The number of halogens is 1. The Morgan fingerprint density at radius 2 is 1.71 bits per heavy atom. The monoisotopic (exact) mass is 308 g/mol. The summed E-state index contributed by atoms with van der Waals surface area (Å²) in [6.45, 7) is 9.01. The third-order valence-electron chi connectivity index (χ3n) is 3.76. The molecule has 0 aliphatic rings. The molecule has 1 rings (SSSR count). The molecule has 92 valence electrons. The van der Waals surface area contributed by atoms with Crippen molar-refractivity contribution in [1.82, 2.24) is 0 Å². The van der Waals surface area contributed by atoms with Crippen molar-refractivity contribution in [2.75, 3.05) is 0 Å². The molecule has 0 spiro atoms. The predicted molar refractivity (Wildman–Crippen MR) is 83.0 cm³/mol. The molecule has 0 saturated heterocycles. The lowest BCUT2D eigenvalue weighted by molar-refractivity contribution is 1.20. The summed E-state index contributed by atoms with van der Waals surface area (Å²) in [7, 11) is -1.32. The lowest BCUT2D eigenvalue weighted by Crippen LogP contribution is -2.29. The molecule has 0 bridgehead atoms. The smallest absolute Gasteiger partial charge is 0.126 e. The van der Waals surface area contributed by atoms with Crippen LogP contribution in [0.25, 0.3) is 0 Å². The van der Waals surface area contributed by atoms with Crippen molar-refractivity contribution in [3.05, 3.63) is 33.8 Å². The molecule has 0 fully saturated rings. The minimum Gasteiger partial charge on any atom is -0.126 e. The van der Waals surface area contributed by atoms with Gasteiger partial charge in [0.15, 0.2) is 0 Å². The molecule has 0 aliphatic heterocycles. The van der Waals surface area contributed by atoms with Crippen molar-refractivity contribution in [3.8, 4) is 11.5 Å². The highest BCUT2D eigenvalue weighted by molar-refractivity contribution is 9.10. The number of benzene rings is 1. The van der Waals surface area contributed by atoms with Gasteiger partial charge in [-0.25, -0.2) is 0 Å². The summed E-state index contributed by atoms with van der Waals surface area (Å²) >= 11 is 3.56. The van der Waals surface area contributed by atoms with Crippen LogP contribution in [0.5, 0.6) is 0 Å². The lowest BCUT2D eigenvalue weighted by atomic mass is 10.1. The van der Waals surface area contributed by atoms with Crippen LogP contribution >= 0.6 is 15.9 Å². The fourth-order valence-electron chi connectivity index (χ4n) is 1.96. The topological polar surface area (TPSA) is 0 Å². The van der Waals surface area contributed by atoms with Crippen LogP contribution in [0.15, 0.2) is 22.7 Å². The van der Waals surface area contributed by atoms with Gasteiger partial charge in [-0.15, -0.1) is 5.54 Å². The molecular formula is C15H21BrSi. The first-order chi connectivity index (χ1) is 8.08. The maximum Gasteiger partial charge on any atom is 0.138 e. The Morgan fingerprint density at radius 3 is 2.24 bits per heavy atom. The molecule has 1 aromatic carbocycles. The summed E-state index contributed by atoms with van der Waals surface area (Å²) in [5, 5.41) is 0. The Hall–Kier alpha value is -0.523. The standard InChI is InChI=1S/C15H21BrSi/c1-5-17(6-2,7-3)12-11-14-9-8-10-15(16)13(14)4/h8-10H,5-7H2,1-4H3. The van der Waals surface area contributed by atoms with Gasteiger partial charge in [0.1, 0.15) is 8.07 Å². The average Bonchev–Trinajstić information content (AvgIpc) is 2.36. The Balaban J connectivity index is 3.09. The largest absolute Gasteiger partial charge is 0.138 e. The first kappa shape index (κ1) is 14.5. The zero-order valence-corrected chi connectivity index (χ0v) is 13.8. The number of rotatable bonds is 3. The van der Waals surface area contributed by atoms with E-state index in [1.54, 1.807) is 0 Å². The van der Waals surface area contributed by atoms with Gasteiger partial charge in [-0.3, -0.25) is 0 Å². The highest BCUT2D eigenvalue weighted by atomic mass is 79.9. The quantitative estimate of drug-likeness (QED) is 0.534. The van der Waals surface area contributed by atoms with Crippen LogP contribution in [0.4, 0.5) is 0 Å². The summed E-state index contributed by atoms with van der Waals surface area (Å²) in [5.74, 6) is 3.43. The molecular weight excluding hydrogens is 288 g/mol. The first-order valence-electron chi connectivity index (χ1n) is 6.36. The van der Waals surface area contributed by atoms with Crippen molar-refractivity contribution in [1.29, 1.82) is 0 Å². The van der Waals surface area contributed by atoms with Crippen LogP contribution in [0.2, 0.25) is 18.1 Å². The molecule has 0 nitrogen and oxygen atoms in total. The summed E-state index contributed by atoms with van der Waals surface area (Å²) in [6.07, 6.45) is 0. The zero-order chi connectivity index (χ0) is 12.9. The average molecular weight is 309 g/mol. The minimum absolute atomic E-state index is 1.15. The van der Waals surface area contributed by atoms with Gasteiger partial charge in [0.05, 0.1) is 0 Å². The second kappa shape index (κ2) is 6.42. The van der Waals surface area contributed by atoms with E-state index in [1.807, 2.05) is 0 Å². The maximum atomic E-state index is 3.63. The van der Waals surface area contributed by atoms with Gasteiger partial charge in [-0.2, -0.15) is 0 Å². The first-order valence-corrected chi connectivity index (χ1v) is 9.78. The van der Waals surface area contributed by atoms with E-state index in [9.17, 15) is 0 Å². The lowest BCUT2D eigenvalue weighted by Gasteiger charge is -2.20. The highest BCUT2D eigenvalue weighted by Crippen LogP contribution is 2.21. The molecule has 0 saturated carbocycles. The number of hydrogen-bond donors (Lipinski definition) is 0. The third kappa shape index (κ3) is 3.47. The molecule has 0 heterocycles. The summed E-state index contributed by atoms with van der Waals surface area (Å²) in [4.78, 5) is 0. The van der Waals surface area contributed by atoms with Gasteiger partial charge in [0.2, 0.25) is 0 Å². The normalized spacial score (nSPS) is 10.9. The molecule has 0 aliphatic carbocycles.